The number of aliphatic hydroxyl groups excluding tert-OH is 1. The van der Waals surface area contributed by atoms with Crippen molar-refractivity contribution in [1.82, 2.24) is 9.97 Å². The molecule has 0 unspecified atom stereocenters. The summed E-state index contributed by atoms with van der Waals surface area (Å²) in [7, 11) is 0. The first-order valence-electron chi connectivity index (χ1n) is 8.03. The van der Waals surface area contributed by atoms with Crippen molar-refractivity contribution < 1.29 is 5.11 Å². The number of rotatable bonds is 6. The van der Waals surface area contributed by atoms with Crippen LogP contribution in [0.4, 0.5) is 11.6 Å². The minimum Gasteiger partial charge on any atom is -0.394 e. The highest BCUT2D eigenvalue weighted by Gasteiger charge is 2.34. The van der Waals surface area contributed by atoms with Gasteiger partial charge in [0.15, 0.2) is 0 Å². The number of aromatic nitrogens is 2. The average molecular weight is 292 g/mol. The van der Waals surface area contributed by atoms with E-state index in [2.05, 4.69) is 36.4 Å². The molecule has 1 saturated carbocycles. The highest BCUT2D eigenvalue weighted by molar-refractivity contribution is 5.58. The van der Waals surface area contributed by atoms with E-state index in [9.17, 15) is 5.11 Å². The zero-order valence-corrected chi connectivity index (χ0v) is 13.7. The summed E-state index contributed by atoms with van der Waals surface area (Å²) in [5.41, 5.74) is 0.817. The van der Waals surface area contributed by atoms with Gasteiger partial charge in [-0.05, 0) is 26.7 Å². The molecule has 0 atom stereocenters. The van der Waals surface area contributed by atoms with Crippen molar-refractivity contribution >= 4 is 11.6 Å². The minimum atomic E-state index is -0.211. The van der Waals surface area contributed by atoms with Gasteiger partial charge in [-0.3, -0.25) is 0 Å². The van der Waals surface area contributed by atoms with Crippen molar-refractivity contribution in [3.05, 3.63) is 11.4 Å². The molecule has 0 radical (unpaired) electrons. The average Bonchev–Trinajstić information content (AvgIpc) is 2.92. The molecule has 3 N–H and O–H groups in total. The lowest BCUT2D eigenvalue weighted by atomic mass is 9.98. The Hall–Kier alpha value is -1.36. The fraction of sp³-hybridized carbons (Fsp3) is 0.750. The summed E-state index contributed by atoms with van der Waals surface area (Å²) in [6.45, 7) is 9.29. The third-order valence-electron chi connectivity index (χ3n) is 4.27. The Morgan fingerprint density at radius 2 is 1.81 bits per heavy atom. The molecule has 21 heavy (non-hydrogen) atoms. The number of hydrogen-bond donors (Lipinski definition) is 3. The molecule has 0 bridgehead atoms. The lowest BCUT2D eigenvalue weighted by molar-refractivity contribution is 0.213. The van der Waals surface area contributed by atoms with Gasteiger partial charge in [0.1, 0.15) is 17.5 Å². The van der Waals surface area contributed by atoms with E-state index in [1.54, 1.807) is 0 Å². The Kier molecular flexibility index (Phi) is 5.04. The first-order valence-corrected chi connectivity index (χ1v) is 8.03. The van der Waals surface area contributed by atoms with E-state index in [1.807, 2.05) is 6.92 Å². The second-order valence-electron chi connectivity index (χ2n) is 6.36. The van der Waals surface area contributed by atoms with Crippen molar-refractivity contribution in [3.8, 4) is 0 Å². The second-order valence-corrected chi connectivity index (χ2v) is 6.36. The summed E-state index contributed by atoms with van der Waals surface area (Å²) in [5.74, 6) is 2.87. The van der Waals surface area contributed by atoms with E-state index in [0.717, 1.165) is 55.3 Å². The lowest BCUT2D eigenvalue weighted by Gasteiger charge is -2.30. The Bertz CT molecular complexity index is 481. The van der Waals surface area contributed by atoms with Crippen LogP contribution in [0.15, 0.2) is 0 Å². The van der Waals surface area contributed by atoms with E-state index >= 15 is 0 Å². The molecule has 1 aliphatic rings. The molecule has 1 heterocycles. The highest BCUT2D eigenvalue weighted by atomic mass is 16.3. The molecular formula is C16H28N4O. The number of anilines is 2. The summed E-state index contributed by atoms with van der Waals surface area (Å²) in [6, 6.07) is 0. The van der Waals surface area contributed by atoms with E-state index in [0.29, 0.717) is 0 Å². The first-order chi connectivity index (χ1) is 10.0. The van der Waals surface area contributed by atoms with Gasteiger partial charge >= 0.3 is 0 Å². The van der Waals surface area contributed by atoms with Crippen LogP contribution >= 0.6 is 0 Å². The Labute approximate surface area is 127 Å². The molecule has 2 rings (SSSR count). The molecule has 1 aliphatic carbocycles. The maximum atomic E-state index is 9.80. The van der Waals surface area contributed by atoms with Crippen LogP contribution in [0.1, 0.15) is 63.8 Å². The quantitative estimate of drug-likeness (QED) is 0.752. The Morgan fingerprint density at radius 1 is 1.19 bits per heavy atom. The molecule has 118 valence electrons. The number of hydrogen-bond acceptors (Lipinski definition) is 5. The van der Waals surface area contributed by atoms with Gasteiger partial charge in [-0.15, -0.1) is 0 Å². The molecule has 5 heteroatoms. The molecule has 0 spiro atoms. The maximum absolute atomic E-state index is 9.80. The Balaban J connectivity index is 2.36. The van der Waals surface area contributed by atoms with Crippen LogP contribution < -0.4 is 10.6 Å². The topological polar surface area (TPSA) is 70.1 Å². The highest BCUT2D eigenvalue weighted by Crippen LogP contribution is 2.34. The molecule has 1 fully saturated rings. The van der Waals surface area contributed by atoms with Crippen molar-refractivity contribution in [2.45, 2.75) is 64.8 Å². The number of aliphatic hydroxyl groups is 1. The number of nitrogens with zero attached hydrogens (tertiary/aromatic N) is 2. The van der Waals surface area contributed by atoms with Crippen LogP contribution in [0, 0.1) is 6.92 Å². The van der Waals surface area contributed by atoms with Crippen molar-refractivity contribution in [2.24, 2.45) is 0 Å². The SMILES string of the molecule is CCNc1nc(C(C)C)nc(NC2(CO)CCCC2)c1C. The smallest absolute Gasteiger partial charge is 0.135 e. The van der Waals surface area contributed by atoms with Crippen molar-refractivity contribution in [1.29, 1.82) is 0 Å². The van der Waals surface area contributed by atoms with E-state index in [1.165, 1.54) is 0 Å². The Morgan fingerprint density at radius 3 is 2.33 bits per heavy atom. The summed E-state index contributed by atoms with van der Waals surface area (Å²) in [6.07, 6.45) is 4.32. The second kappa shape index (κ2) is 6.60. The van der Waals surface area contributed by atoms with Gasteiger partial charge < -0.3 is 15.7 Å². The summed E-state index contributed by atoms with van der Waals surface area (Å²) in [5, 5.41) is 16.6. The van der Waals surface area contributed by atoms with Crippen molar-refractivity contribution in [2.75, 3.05) is 23.8 Å². The summed E-state index contributed by atoms with van der Waals surface area (Å²) >= 11 is 0. The largest absolute Gasteiger partial charge is 0.394 e. The van der Waals surface area contributed by atoms with Gasteiger partial charge in [-0.1, -0.05) is 26.7 Å². The van der Waals surface area contributed by atoms with E-state index in [4.69, 9.17) is 4.98 Å². The molecule has 0 aromatic carbocycles. The van der Waals surface area contributed by atoms with Crippen molar-refractivity contribution in [3.63, 3.8) is 0 Å². The fourth-order valence-electron chi connectivity index (χ4n) is 2.88. The normalized spacial score (nSPS) is 17.2. The molecule has 5 nitrogen and oxygen atoms in total. The predicted molar refractivity (Wildman–Crippen MR) is 86.9 cm³/mol. The molecule has 1 aromatic heterocycles. The van der Waals surface area contributed by atoms with Crippen LogP contribution in [-0.2, 0) is 0 Å². The van der Waals surface area contributed by atoms with Crippen LogP contribution in [0.25, 0.3) is 0 Å². The molecular weight excluding hydrogens is 264 g/mol. The van der Waals surface area contributed by atoms with E-state index in [-0.39, 0.29) is 18.1 Å². The molecule has 0 aliphatic heterocycles. The van der Waals surface area contributed by atoms with Crippen LogP contribution in [0.2, 0.25) is 0 Å². The summed E-state index contributed by atoms with van der Waals surface area (Å²) in [4.78, 5) is 9.32. The lowest BCUT2D eigenvalue weighted by Crippen LogP contribution is -2.39. The third kappa shape index (κ3) is 3.46. The monoisotopic (exact) mass is 292 g/mol. The van der Waals surface area contributed by atoms with Crippen LogP contribution in [-0.4, -0.2) is 33.8 Å². The van der Waals surface area contributed by atoms with Gasteiger partial charge in [-0.25, -0.2) is 9.97 Å². The summed E-state index contributed by atoms with van der Waals surface area (Å²) < 4.78 is 0. The van der Waals surface area contributed by atoms with Gasteiger partial charge in [0, 0.05) is 18.0 Å². The van der Waals surface area contributed by atoms with E-state index < -0.39 is 0 Å². The molecule has 0 amide bonds. The third-order valence-corrected chi connectivity index (χ3v) is 4.27. The molecule has 0 saturated heterocycles. The predicted octanol–water partition coefficient (Wildman–Crippen LogP) is 3.06. The molecule has 1 aromatic rings. The van der Waals surface area contributed by atoms with Gasteiger partial charge in [-0.2, -0.15) is 0 Å². The standard InChI is InChI=1S/C16H28N4O/c1-5-17-14-12(4)15(19-13(18-14)11(2)3)20-16(10-21)8-6-7-9-16/h11,21H,5-10H2,1-4H3,(H2,17,18,19,20). The van der Waals surface area contributed by atoms with Gasteiger partial charge in [0.2, 0.25) is 0 Å². The first kappa shape index (κ1) is 16.0. The van der Waals surface area contributed by atoms with Crippen LogP contribution in [0.5, 0.6) is 0 Å². The zero-order valence-electron chi connectivity index (χ0n) is 13.7. The van der Waals surface area contributed by atoms with Crippen LogP contribution in [0.3, 0.4) is 0 Å². The van der Waals surface area contributed by atoms with Gasteiger partial charge in [0.05, 0.1) is 12.1 Å². The number of nitrogens with one attached hydrogen (secondary N) is 2. The van der Waals surface area contributed by atoms with Gasteiger partial charge in [0.25, 0.3) is 0 Å². The fourth-order valence-corrected chi connectivity index (χ4v) is 2.88. The maximum Gasteiger partial charge on any atom is 0.135 e. The zero-order chi connectivity index (χ0) is 15.5. The minimum absolute atomic E-state index is 0.157.